The third-order valence-electron chi connectivity index (χ3n) is 2.88. The van der Waals surface area contributed by atoms with Crippen LogP contribution in [0, 0.1) is 0 Å². The maximum absolute atomic E-state index is 5.14. The molecule has 0 fully saturated rings. The summed E-state index contributed by atoms with van der Waals surface area (Å²) in [5.74, 6) is 2.73. The number of hydrogen-bond acceptors (Lipinski definition) is 3. The van der Waals surface area contributed by atoms with Gasteiger partial charge in [-0.25, -0.2) is 0 Å². The molecule has 0 aliphatic carbocycles. The van der Waals surface area contributed by atoms with Gasteiger partial charge in [0, 0.05) is 5.75 Å². The van der Waals surface area contributed by atoms with Crippen LogP contribution >= 0.6 is 11.8 Å². The molecule has 104 valence electrons. The van der Waals surface area contributed by atoms with Gasteiger partial charge in [-0.3, -0.25) is 0 Å². The molecule has 2 nitrogen and oxygen atoms in total. The van der Waals surface area contributed by atoms with Gasteiger partial charge in [-0.15, -0.1) is 11.8 Å². The van der Waals surface area contributed by atoms with Gasteiger partial charge in [0.15, 0.2) is 0 Å². The molecule has 2 aromatic carbocycles. The highest BCUT2D eigenvalue weighted by atomic mass is 32.2. The normalized spacial score (nSPS) is 10.7. The number of methoxy groups -OCH3 is 2. The second kappa shape index (κ2) is 7.65. The molecule has 2 rings (SSSR count). The van der Waals surface area contributed by atoms with Crippen LogP contribution in [-0.4, -0.2) is 14.2 Å². The first kappa shape index (κ1) is 14.5. The Balaban J connectivity index is 1.83. The lowest BCUT2D eigenvalue weighted by Gasteiger charge is -2.01. The molecule has 3 heteroatoms. The van der Waals surface area contributed by atoms with Crippen molar-refractivity contribution in [3.63, 3.8) is 0 Å². The van der Waals surface area contributed by atoms with Crippen LogP contribution in [0.1, 0.15) is 11.1 Å². The van der Waals surface area contributed by atoms with Gasteiger partial charge in [-0.1, -0.05) is 24.3 Å². The van der Waals surface area contributed by atoms with Crippen LogP contribution < -0.4 is 9.47 Å². The molecule has 0 atom stereocenters. The van der Waals surface area contributed by atoms with E-state index in [1.807, 2.05) is 36.4 Å². The monoisotopic (exact) mass is 286 g/mol. The van der Waals surface area contributed by atoms with E-state index in [0.29, 0.717) is 0 Å². The molecule has 0 spiro atoms. The fourth-order valence-corrected chi connectivity index (χ4v) is 2.44. The van der Waals surface area contributed by atoms with Gasteiger partial charge in [0.05, 0.1) is 14.2 Å². The van der Waals surface area contributed by atoms with Crippen LogP contribution in [-0.2, 0) is 5.75 Å². The lowest BCUT2D eigenvalue weighted by molar-refractivity contribution is 0.414. The number of rotatable bonds is 6. The predicted molar refractivity (Wildman–Crippen MR) is 86.3 cm³/mol. The van der Waals surface area contributed by atoms with E-state index in [-0.39, 0.29) is 0 Å². The van der Waals surface area contributed by atoms with Crippen molar-refractivity contribution in [2.45, 2.75) is 5.75 Å². The third kappa shape index (κ3) is 4.35. The summed E-state index contributed by atoms with van der Waals surface area (Å²) in [4.78, 5) is 0. The molecule has 0 saturated carbocycles. The van der Waals surface area contributed by atoms with Gasteiger partial charge in [0.1, 0.15) is 11.5 Å². The highest BCUT2D eigenvalue weighted by molar-refractivity contribution is 8.01. The summed E-state index contributed by atoms with van der Waals surface area (Å²) in [6.45, 7) is 0. The number of thioether (sulfide) groups is 1. The summed E-state index contributed by atoms with van der Waals surface area (Å²) in [6, 6.07) is 16.2. The minimum absolute atomic E-state index is 0.882. The molecule has 0 aliphatic heterocycles. The first-order valence-corrected chi connectivity index (χ1v) is 7.42. The van der Waals surface area contributed by atoms with Gasteiger partial charge in [0.2, 0.25) is 0 Å². The molecule has 0 unspecified atom stereocenters. The minimum Gasteiger partial charge on any atom is -0.497 e. The van der Waals surface area contributed by atoms with Crippen LogP contribution in [0.25, 0.3) is 6.08 Å². The molecule has 0 radical (unpaired) electrons. The zero-order valence-electron chi connectivity index (χ0n) is 11.7. The van der Waals surface area contributed by atoms with E-state index in [0.717, 1.165) is 17.3 Å². The Kier molecular flexibility index (Phi) is 5.56. The Morgan fingerprint density at radius 2 is 1.40 bits per heavy atom. The van der Waals surface area contributed by atoms with Crippen molar-refractivity contribution in [1.29, 1.82) is 0 Å². The number of ether oxygens (including phenoxy) is 2. The van der Waals surface area contributed by atoms with Crippen LogP contribution in [0.15, 0.2) is 53.9 Å². The fourth-order valence-electron chi connectivity index (χ4n) is 1.71. The molecule has 0 aliphatic rings. The smallest absolute Gasteiger partial charge is 0.118 e. The quantitative estimate of drug-likeness (QED) is 0.772. The minimum atomic E-state index is 0.882. The van der Waals surface area contributed by atoms with Crippen molar-refractivity contribution in [3.05, 3.63) is 65.1 Å². The van der Waals surface area contributed by atoms with Crippen molar-refractivity contribution in [1.82, 2.24) is 0 Å². The van der Waals surface area contributed by atoms with Crippen molar-refractivity contribution in [2.24, 2.45) is 0 Å². The van der Waals surface area contributed by atoms with Gasteiger partial charge in [-0.05, 0) is 46.9 Å². The Hall–Kier alpha value is -1.87. The predicted octanol–water partition coefficient (Wildman–Crippen LogP) is 4.61. The Bertz CT molecular complexity index is 544. The van der Waals surface area contributed by atoms with E-state index in [9.17, 15) is 0 Å². The maximum Gasteiger partial charge on any atom is 0.118 e. The molecular weight excluding hydrogens is 268 g/mol. The van der Waals surface area contributed by atoms with E-state index < -0.39 is 0 Å². The fraction of sp³-hybridized carbons (Fsp3) is 0.176. The highest BCUT2D eigenvalue weighted by Gasteiger charge is 1.94. The first-order valence-electron chi connectivity index (χ1n) is 6.37. The van der Waals surface area contributed by atoms with Crippen LogP contribution in [0.4, 0.5) is 0 Å². The number of benzene rings is 2. The van der Waals surface area contributed by atoms with Gasteiger partial charge in [0.25, 0.3) is 0 Å². The standard InChI is InChI=1S/C17H18O2S/c1-18-16-7-3-14(4-8-16)11-12-20-13-15-5-9-17(19-2)10-6-15/h3-12H,13H2,1-2H3/b12-11+. The average Bonchev–Trinajstić information content (AvgIpc) is 2.53. The zero-order chi connectivity index (χ0) is 14.2. The molecule has 20 heavy (non-hydrogen) atoms. The second-order valence-electron chi connectivity index (χ2n) is 4.23. The molecule has 0 bridgehead atoms. The zero-order valence-corrected chi connectivity index (χ0v) is 12.5. The van der Waals surface area contributed by atoms with Crippen LogP contribution in [0.3, 0.4) is 0 Å². The first-order chi connectivity index (χ1) is 9.81. The molecule has 0 N–H and O–H groups in total. The van der Waals surface area contributed by atoms with Crippen molar-refractivity contribution in [3.8, 4) is 11.5 Å². The van der Waals surface area contributed by atoms with E-state index in [2.05, 4.69) is 23.6 Å². The molecule has 0 aromatic heterocycles. The van der Waals surface area contributed by atoms with Gasteiger partial charge in [-0.2, -0.15) is 0 Å². The molecule has 0 amide bonds. The lowest BCUT2D eigenvalue weighted by atomic mass is 10.2. The van der Waals surface area contributed by atoms with Crippen molar-refractivity contribution >= 4 is 17.8 Å². The van der Waals surface area contributed by atoms with Crippen molar-refractivity contribution in [2.75, 3.05) is 14.2 Å². The van der Waals surface area contributed by atoms with Gasteiger partial charge < -0.3 is 9.47 Å². The van der Waals surface area contributed by atoms with Crippen LogP contribution in [0.2, 0.25) is 0 Å². The second-order valence-corrected chi connectivity index (χ2v) is 5.13. The Morgan fingerprint density at radius 3 is 1.95 bits per heavy atom. The van der Waals surface area contributed by atoms with E-state index in [4.69, 9.17) is 9.47 Å². The summed E-state index contributed by atoms with van der Waals surface area (Å²) >= 11 is 1.77. The topological polar surface area (TPSA) is 18.5 Å². The largest absolute Gasteiger partial charge is 0.497 e. The average molecular weight is 286 g/mol. The summed E-state index contributed by atoms with van der Waals surface area (Å²) in [6.07, 6.45) is 2.10. The molecule has 0 heterocycles. The summed E-state index contributed by atoms with van der Waals surface area (Å²) < 4.78 is 10.3. The number of hydrogen-bond donors (Lipinski definition) is 0. The SMILES string of the molecule is COc1ccc(/C=C/SCc2ccc(OC)cc2)cc1. The van der Waals surface area contributed by atoms with Crippen molar-refractivity contribution < 1.29 is 9.47 Å². The van der Waals surface area contributed by atoms with E-state index >= 15 is 0 Å². The molecular formula is C17H18O2S. The summed E-state index contributed by atoms with van der Waals surface area (Å²) in [5, 5.41) is 2.12. The van der Waals surface area contributed by atoms with Gasteiger partial charge >= 0.3 is 0 Å². The third-order valence-corrected chi connectivity index (χ3v) is 3.71. The van der Waals surface area contributed by atoms with E-state index in [1.165, 1.54) is 11.1 Å². The summed E-state index contributed by atoms with van der Waals surface area (Å²) in [5.41, 5.74) is 2.46. The molecule has 0 saturated heterocycles. The lowest BCUT2D eigenvalue weighted by Crippen LogP contribution is -1.83. The van der Waals surface area contributed by atoms with E-state index in [1.54, 1.807) is 26.0 Å². The highest BCUT2D eigenvalue weighted by Crippen LogP contribution is 2.19. The molecule has 2 aromatic rings. The summed E-state index contributed by atoms with van der Waals surface area (Å²) in [7, 11) is 3.36. The van der Waals surface area contributed by atoms with Crippen LogP contribution in [0.5, 0.6) is 11.5 Å². The Labute approximate surface area is 124 Å². The maximum atomic E-state index is 5.14. The Morgan fingerprint density at radius 1 is 0.850 bits per heavy atom.